The number of hydrogen-bond donors (Lipinski definition) is 1. The Morgan fingerprint density at radius 2 is 1.79 bits per heavy atom. The van der Waals surface area contributed by atoms with Crippen LogP contribution in [0.2, 0.25) is 0 Å². The SMILES string of the molecule is CC(=O)N[C@@H](CC(=O)N1CCN(C)C[C@H]1c1ccccc1)c1ccc(F)cc1. The van der Waals surface area contributed by atoms with E-state index in [4.69, 9.17) is 0 Å². The van der Waals surface area contributed by atoms with Crippen LogP contribution in [-0.4, -0.2) is 48.3 Å². The van der Waals surface area contributed by atoms with Gasteiger partial charge in [0.25, 0.3) is 0 Å². The van der Waals surface area contributed by atoms with Crippen molar-refractivity contribution in [3.05, 3.63) is 71.5 Å². The zero-order valence-corrected chi connectivity index (χ0v) is 16.3. The molecule has 1 N–H and O–H groups in total. The predicted molar refractivity (Wildman–Crippen MR) is 106 cm³/mol. The largest absolute Gasteiger partial charge is 0.349 e. The Morgan fingerprint density at radius 3 is 2.43 bits per heavy atom. The summed E-state index contributed by atoms with van der Waals surface area (Å²) in [6.07, 6.45) is 0.137. The van der Waals surface area contributed by atoms with Crippen LogP contribution in [0.1, 0.15) is 36.6 Å². The Balaban J connectivity index is 1.80. The number of amides is 2. The first-order valence-electron chi connectivity index (χ1n) is 9.49. The molecule has 1 fully saturated rings. The summed E-state index contributed by atoms with van der Waals surface area (Å²) in [6.45, 7) is 3.61. The number of nitrogens with zero attached hydrogens (tertiary/aromatic N) is 2. The van der Waals surface area contributed by atoms with Crippen LogP contribution in [-0.2, 0) is 9.59 Å². The van der Waals surface area contributed by atoms with Crippen molar-refractivity contribution in [2.45, 2.75) is 25.4 Å². The van der Waals surface area contributed by atoms with E-state index in [-0.39, 0.29) is 30.1 Å². The van der Waals surface area contributed by atoms with Crippen molar-refractivity contribution in [1.29, 1.82) is 0 Å². The lowest BCUT2D eigenvalue weighted by Crippen LogP contribution is -2.50. The molecule has 6 heteroatoms. The minimum Gasteiger partial charge on any atom is -0.349 e. The highest BCUT2D eigenvalue weighted by Gasteiger charge is 2.31. The number of halogens is 1. The molecule has 0 unspecified atom stereocenters. The average Bonchev–Trinajstić information content (AvgIpc) is 2.68. The monoisotopic (exact) mass is 383 g/mol. The summed E-state index contributed by atoms with van der Waals surface area (Å²) >= 11 is 0. The number of piperazine rings is 1. The Bertz CT molecular complexity index is 810. The van der Waals surface area contributed by atoms with E-state index in [0.717, 1.165) is 24.2 Å². The van der Waals surface area contributed by atoms with Crippen molar-refractivity contribution < 1.29 is 14.0 Å². The number of rotatable bonds is 5. The molecule has 1 aliphatic heterocycles. The Hall–Kier alpha value is -2.73. The van der Waals surface area contributed by atoms with Gasteiger partial charge in [-0.3, -0.25) is 9.59 Å². The lowest BCUT2D eigenvalue weighted by atomic mass is 9.99. The molecule has 0 radical (unpaired) electrons. The number of likely N-dealkylation sites (N-methyl/N-ethyl adjacent to an activating group) is 1. The van der Waals surface area contributed by atoms with E-state index < -0.39 is 6.04 Å². The molecule has 1 saturated heterocycles. The molecule has 0 aromatic heterocycles. The highest BCUT2D eigenvalue weighted by molar-refractivity contribution is 5.79. The summed E-state index contributed by atoms with van der Waals surface area (Å²) in [5.74, 6) is -0.593. The van der Waals surface area contributed by atoms with Gasteiger partial charge in [-0.2, -0.15) is 0 Å². The molecule has 2 amide bonds. The molecule has 2 atom stereocenters. The van der Waals surface area contributed by atoms with Crippen LogP contribution < -0.4 is 5.32 Å². The summed E-state index contributed by atoms with van der Waals surface area (Å²) in [5, 5.41) is 2.83. The maximum atomic E-state index is 13.3. The topological polar surface area (TPSA) is 52.7 Å². The molecule has 1 aliphatic rings. The summed E-state index contributed by atoms with van der Waals surface area (Å²) in [4.78, 5) is 29.0. The predicted octanol–water partition coefficient (Wildman–Crippen LogP) is 2.91. The molecular formula is C22H26FN3O2. The molecule has 0 aliphatic carbocycles. The van der Waals surface area contributed by atoms with Crippen LogP contribution >= 0.6 is 0 Å². The molecule has 0 saturated carbocycles. The fraction of sp³-hybridized carbons (Fsp3) is 0.364. The summed E-state index contributed by atoms with van der Waals surface area (Å²) in [7, 11) is 2.05. The van der Waals surface area contributed by atoms with Crippen LogP contribution in [0.15, 0.2) is 54.6 Å². The molecule has 1 heterocycles. The Labute approximate surface area is 165 Å². The fourth-order valence-corrected chi connectivity index (χ4v) is 3.66. The number of benzene rings is 2. The van der Waals surface area contributed by atoms with Gasteiger partial charge in [0.2, 0.25) is 11.8 Å². The number of hydrogen-bond acceptors (Lipinski definition) is 3. The third-order valence-electron chi connectivity index (χ3n) is 5.12. The van der Waals surface area contributed by atoms with Crippen molar-refractivity contribution in [3.8, 4) is 0 Å². The van der Waals surface area contributed by atoms with Crippen molar-refractivity contribution in [2.24, 2.45) is 0 Å². The van der Waals surface area contributed by atoms with Crippen molar-refractivity contribution >= 4 is 11.8 Å². The summed E-state index contributed by atoms with van der Waals surface area (Å²) in [6, 6.07) is 15.4. The molecule has 2 aromatic rings. The molecule has 0 spiro atoms. The van der Waals surface area contributed by atoms with Gasteiger partial charge in [-0.25, -0.2) is 4.39 Å². The third-order valence-corrected chi connectivity index (χ3v) is 5.12. The van der Waals surface area contributed by atoms with E-state index in [2.05, 4.69) is 17.3 Å². The first-order valence-corrected chi connectivity index (χ1v) is 9.49. The molecule has 28 heavy (non-hydrogen) atoms. The van der Waals surface area contributed by atoms with Gasteiger partial charge in [0.15, 0.2) is 0 Å². The molecule has 5 nitrogen and oxygen atoms in total. The molecule has 3 rings (SSSR count). The van der Waals surface area contributed by atoms with Crippen LogP contribution in [0.5, 0.6) is 0 Å². The first kappa shape index (κ1) is 20.0. The van der Waals surface area contributed by atoms with Gasteiger partial charge >= 0.3 is 0 Å². The lowest BCUT2D eigenvalue weighted by Gasteiger charge is -2.41. The van der Waals surface area contributed by atoms with E-state index in [1.54, 1.807) is 12.1 Å². The second kappa shape index (κ2) is 8.97. The smallest absolute Gasteiger partial charge is 0.225 e. The maximum Gasteiger partial charge on any atom is 0.225 e. The highest BCUT2D eigenvalue weighted by atomic mass is 19.1. The number of carbonyl (C=O) groups is 2. The molecule has 2 aromatic carbocycles. The van der Waals surface area contributed by atoms with E-state index >= 15 is 0 Å². The normalized spacial score (nSPS) is 18.5. The third kappa shape index (κ3) is 4.95. The average molecular weight is 383 g/mol. The van der Waals surface area contributed by atoms with E-state index in [1.807, 2.05) is 35.2 Å². The van der Waals surface area contributed by atoms with Gasteiger partial charge in [0.05, 0.1) is 18.5 Å². The van der Waals surface area contributed by atoms with E-state index in [1.165, 1.54) is 19.1 Å². The maximum absolute atomic E-state index is 13.3. The van der Waals surface area contributed by atoms with E-state index in [9.17, 15) is 14.0 Å². The van der Waals surface area contributed by atoms with Crippen molar-refractivity contribution in [2.75, 3.05) is 26.7 Å². The first-order chi connectivity index (χ1) is 13.4. The number of carbonyl (C=O) groups excluding carboxylic acids is 2. The molecule has 148 valence electrons. The standard InChI is InChI=1S/C22H26FN3O2/c1-16(27)24-20(17-8-10-19(23)11-9-17)14-22(28)26-13-12-25(2)15-21(26)18-6-4-3-5-7-18/h3-11,20-21H,12-15H2,1-2H3,(H,24,27)/t20-,21-/m0/s1. The molecule has 0 bridgehead atoms. The lowest BCUT2D eigenvalue weighted by molar-refractivity contribution is -0.137. The van der Waals surface area contributed by atoms with Gasteiger partial charge < -0.3 is 15.1 Å². The zero-order valence-electron chi connectivity index (χ0n) is 16.3. The zero-order chi connectivity index (χ0) is 20.1. The summed E-state index contributed by atoms with van der Waals surface area (Å²) < 4.78 is 13.3. The van der Waals surface area contributed by atoms with Gasteiger partial charge in [-0.05, 0) is 30.3 Å². The van der Waals surface area contributed by atoms with Crippen LogP contribution in [0.3, 0.4) is 0 Å². The van der Waals surface area contributed by atoms with Crippen LogP contribution in [0.25, 0.3) is 0 Å². The highest BCUT2D eigenvalue weighted by Crippen LogP contribution is 2.27. The van der Waals surface area contributed by atoms with Gasteiger partial charge in [0, 0.05) is 26.6 Å². The Morgan fingerprint density at radius 1 is 1.11 bits per heavy atom. The quantitative estimate of drug-likeness (QED) is 0.864. The van der Waals surface area contributed by atoms with E-state index in [0.29, 0.717) is 6.54 Å². The minimum absolute atomic E-state index is 0.0231. The van der Waals surface area contributed by atoms with Crippen molar-refractivity contribution in [1.82, 2.24) is 15.1 Å². The van der Waals surface area contributed by atoms with Crippen LogP contribution in [0.4, 0.5) is 4.39 Å². The van der Waals surface area contributed by atoms with Gasteiger partial charge in [-0.1, -0.05) is 42.5 Å². The van der Waals surface area contributed by atoms with Gasteiger partial charge in [-0.15, -0.1) is 0 Å². The Kier molecular flexibility index (Phi) is 6.41. The van der Waals surface area contributed by atoms with Crippen molar-refractivity contribution in [3.63, 3.8) is 0 Å². The fourth-order valence-electron chi connectivity index (χ4n) is 3.66. The van der Waals surface area contributed by atoms with Crippen LogP contribution in [0, 0.1) is 5.82 Å². The van der Waals surface area contributed by atoms with Gasteiger partial charge in [0.1, 0.15) is 5.82 Å². The molecular weight excluding hydrogens is 357 g/mol. The summed E-state index contributed by atoms with van der Waals surface area (Å²) in [5.41, 5.74) is 1.82. The second-order valence-corrected chi connectivity index (χ2v) is 7.28. The second-order valence-electron chi connectivity index (χ2n) is 7.28. The number of nitrogens with one attached hydrogen (secondary N) is 1. The minimum atomic E-state index is -0.485.